The number of fused-ring (bicyclic) bond motifs is 2. The first kappa shape index (κ1) is 22.2. The topological polar surface area (TPSA) is 105 Å². The van der Waals surface area contributed by atoms with E-state index in [1.54, 1.807) is 62.5 Å². The van der Waals surface area contributed by atoms with E-state index in [1.807, 2.05) is 0 Å². The molecule has 0 saturated carbocycles. The summed E-state index contributed by atoms with van der Waals surface area (Å²) in [4.78, 5) is 37.4. The molecule has 1 amide bonds. The van der Waals surface area contributed by atoms with Crippen LogP contribution in [0.2, 0.25) is 0 Å². The molecule has 0 bridgehead atoms. The highest BCUT2D eigenvalue weighted by molar-refractivity contribution is 5.91. The standard InChI is InChI=1S/C24H24N2O7/c1-3-30-24(29)15(2)33-18-6-4-16-8-9-26(23(28)19(16)13-18)14-22(27)25-17-5-7-20-21(12-17)32-11-10-31-20/h4-9,12-13,15H,3,10-11,14H2,1-2H3,(H,25,27). The van der Waals surface area contributed by atoms with Gasteiger partial charge in [-0.3, -0.25) is 9.59 Å². The van der Waals surface area contributed by atoms with E-state index >= 15 is 0 Å². The van der Waals surface area contributed by atoms with Gasteiger partial charge in [-0.1, -0.05) is 6.07 Å². The van der Waals surface area contributed by atoms with Crippen LogP contribution < -0.4 is 25.1 Å². The van der Waals surface area contributed by atoms with Crippen molar-refractivity contribution in [3.05, 3.63) is 59.0 Å². The molecule has 0 spiro atoms. The number of aromatic nitrogens is 1. The molecule has 1 aliphatic heterocycles. The lowest BCUT2D eigenvalue weighted by molar-refractivity contribution is -0.150. The number of benzene rings is 2. The number of amides is 1. The fourth-order valence-corrected chi connectivity index (χ4v) is 3.44. The second-order valence-corrected chi connectivity index (χ2v) is 7.42. The van der Waals surface area contributed by atoms with Crippen molar-refractivity contribution < 1.29 is 28.5 Å². The second-order valence-electron chi connectivity index (χ2n) is 7.42. The number of hydrogen-bond donors (Lipinski definition) is 1. The first-order chi connectivity index (χ1) is 15.9. The van der Waals surface area contributed by atoms with Gasteiger partial charge in [-0.05, 0) is 49.6 Å². The lowest BCUT2D eigenvalue weighted by Crippen LogP contribution is -2.28. The predicted molar refractivity (Wildman–Crippen MR) is 121 cm³/mol. The highest BCUT2D eigenvalue weighted by Gasteiger charge is 2.17. The molecule has 0 radical (unpaired) electrons. The van der Waals surface area contributed by atoms with Crippen LogP contribution >= 0.6 is 0 Å². The minimum absolute atomic E-state index is 0.173. The van der Waals surface area contributed by atoms with Crippen LogP contribution in [0.4, 0.5) is 5.69 Å². The average molecular weight is 452 g/mol. The Balaban J connectivity index is 1.49. The van der Waals surface area contributed by atoms with Gasteiger partial charge in [-0.25, -0.2) is 4.79 Å². The third kappa shape index (κ3) is 5.08. The van der Waals surface area contributed by atoms with Gasteiger partial charge >= 0.3 is 5.97 Å². The van der Waals surface area contributed by atoms with Crippen molar-refractivity contribution in [1.29, 1.82) is 0 Å². The van der Waals surface area contributed by atoms with E-state index in [4.69, 9.17) is 18.9 Å². The second kappa shape index (κ2) is 9.64. The van der Waals surface area contributed by atoms with Crippen molar-refractivity contribution in [3.63, 3.8) is 0 Å². The molecule has 1 atom stereocenters. The van der Waals surface area contributed by atoms with Crippen molar-refractivity contribution in [3.8, 4) is 17.2 Å². The van der Waals surface area contributed by atoms with Crippen LogP contribution in [-0.2, 0) is 20.9 Å². The van der Waals surface area contributed by atoms with Crippen molar-refractivity contribution >= 4 is 28.3 Å². The summed E-state index contributed by atoms with van der Waals surface area (Å²) < 4.78 is 22.9. The Morgan fingerprint density at radius 1 is 1.09 bits per heavy atom. The molecule has 1 aromatic heterocycles. The first-order valence-electron chi connectivity index (χ1n) is 10.6. The SMILES string of the molecule is CCOC(=O)C(C)Oc1ccc2ccn(CC(=O)Nc3ccc4c(c3)OCCO4)c(=O)c2c1. The number of rotatable bonds is 7. The van der Waals surface area contributed by atoms with E-state index in [9.17, 15) is 14.4 Å². The Kier molecular flexibility index (Phi) is 6.48. The Morgan fingerprint density at radius 2 is 1.88 bits per heavy atom. The average Bonchev–Trinajstić information content (AvgIpc) is 2.81. The number of esters is 1. The van der Waals surface area contributed by atoms with Crippen molar-refractivity contribution in [1.82, 2.24) is 4.57 Å². The highest BCUT2D eigenvalue weighted by Crippen LogP contribution is 2.32. The van der Waals surface area contributed by atoms with E-state index < -0.39 is 12.1 Å². The summed E-state index contributed by atoms with van der Waals surface area (Å²) in [6, 6.07) is 11.8. The first-order valence-corrected chi connectivity index (χ1v) is 10.6. The molecule has 9 heteroatoms. The largest absolute Gasteiger partial charge is 0.486 e. The molecule has 0 saturated heterocycles. The van der Waals surface area contributed by atoms with Crippen LogP contribution in [0.1, 0.15) is 13.8 Å². The summed E-state index contributed by atoms with van der Waals surface area (Å²) >= 11 is 0. The van der Waals surface area contributed by atoms with Gasteiger partial charge in [0, 0.05) is 18.0 Å². The monoisotopic (exact) mass is 452 g/mol. The number of ether oxygens (including phenoxy) is 4. The molecule has 172 valence electrons. The van der Waals surface area contributed by atoms with Gasteiger partial charge in [0.1, 0.15) is 25.5 Å². The molecule has 1 N–H and O–H groups in total. The van der Waals surface area contributed by atoms with Crippen LogP contribution in [0.5, 0.6) is 17.2 Å². The summed E-state index contributed by atoms with van der Waals surface area (Å²) in [5.74, 6) is 0.695. The van der Waals surface area contributed by atoms with Crippen LogP contribution in [0, 0.1) is 0 Å². The van der Waals surface area contributed by atoms with Gasteiger partial charge in [0.25, 0.3) is 5.56 Å². The van der Waals surface area contributed by atoms with E-state index in [2.05, 4.69) is 5.32 Å². The predicted octanol–water partition coefficient (Wildman–Crippen LogP) is 2.74. The lowest BCUT2D eigenvalue weighted by atomic mass is 10.1. The maximum atomic E-state index is 13.0. The van der Waals surface area contributed by atoms with E-state index in [-0.39, 0.29) is 24.6 Å². The van der Waals surface area contributed by atoms with Crippen molar-refractivity contribution in [2.75, 3.05) is 25.1 Å². The van der Waals surface area contributed by atoms with Crippen LogP contribution in [0.25, 0.3) is 10.8 Å². The quantitative estimate of drug-likeness (QED) is 0.550. The summed E-state index contributed by atoms with van der Waals surface area (Å²) in [6.45, 7) is 4.30. The van der Waals surface area contributed by atoms with Crippen molar-refractivity contribution in [2.45, 2.75) is 26.5 Å². The Morgan fingerprint density at radius 3 is 2.67 bits per heavy atom. The Hall–Kier alpha value is -4.01. The number of nitrogens with one attached hydrogen (secondary N) is 1. The number of anilines is 1. The maximum Gasteiger partial charge on any atom is 0.347 e. The molecule has 9 nitrogen and oxygen atoms in total. The van der Waals surface area contributed by atoms with Gasteiger partial charge in [-0.2, -0.15) is 0 Å². The van der Waals surface area contributed by atoms with Gasteiger partial charge in [0.05, 0.1) is 12.0 Å². The van der Waals surface area contributed by atoms with E-state index in [1.165, 1.54) is 4.57 Å². The fourth-order valence-electron chi connectivity index (χ4n) is 3.44. The molecule has 3 aromatic rings. The minimum Gasteiger partial charge on any atom is -0.486 e. The molecular formula is C24H24N2O7. The molecular weight excluding hydrogens is 428 g/mol. The molecule has 0 aliphatic carbocycles. The van der Waals surface area contributed by atoms with Gasteiger partial charge in [0.2, 0.25) is 5.91 Å². The molecule has 1 aliphatic rings. The van der Waals surface area contributed by atoms with Crippen LogP contribution in [-0.4, -0.2) is 42.4 Å². The van der Waals surface area contributed by atoms with E-state index in [0.717, 1.165) is 0 Å². The number of nitrogens with zero attached hydrogens (tertiary/aromatic N) is 1. The molecule has 2 heterocycles. The number of hydrogen-bond acceptors (Lipinski definition) is 7. The molecule has 0 fully saturated rings. The van der Waals surface area contributed by atoms with E-state index in [0.29, 0.717) is 46.9 Å². The fraction of sp³-hybridized carbons (Fsp3) is 0.292. The highest BCUT2D eigenvalue weighted by atomic mass is 16.6. The van der Waals surface area contributed by atoms with Gasteiger partial charge in [0.15, 0.2) is 17.6 Å². The minimum atomic E-state index is -0.815. The normalized spacial score (nSPS) is 13.3. The number of pyridine rings is 1. The zero-order valence-electron chi connectivity index (χ0n) is 18.3. The Bertz CT molecular complexity index is 1250. The van der Waals surface area contributed by atoms with Crippen LogP contribution in [0.3, 0.4) is 0 Å². The third-order valence-electron chi connectivity index (χ3n) is 5.02. The lowest BCUT2D eigenvalue weighted by Gasteiger charge is -2.19. The smallest absolute Gasteiger partial charge is 0.347 e. The maximum absolute atomic E-state index is 13.0. The summed E-state index contributed by atoms with van der Waals surface area (Å²) in [7, 11) is 0. The molecule has 2 aromatic carbocycles. The number of carbonyl (C=O) groups is 2. The van der Waals surface area contributed by atoms with Crippen LogP contribution in [0.15, 0.2) is 53.5 Å². The van der Waals surface area contributed by atoms with Crippen molar-refractivity contribution in [2.24, 2.45) is 0 Å². The third-order valence-corrected chi connectivity index (χ3v) is 5.02. The molecule has 33 heavy (non-hydrogen) atoms. The van der Waals surface area contributed by atoms with Gasteiger partial charge < -0.3 is 28.8 Å². The summed E-state index contributed by atoms with van der Waals surface area (Å²) in [5, 5.41) is 3.83. The zero-order valence-corrected chi connectivity index (χ0v) is 18.3. The zero-order chi connectivity index (χ0) is 23.4. The summed E-state index contributed by atoms with van der Waals surface area (Å²) in [5.41, 5.74) is 0.195. The molecule has 1 unspecified atom stereocenters. The molecule has 4 rings (SSSR count). The van der Waals surface area contributed by atoms with Gasteiger partial charge in [-0.15, -0.1) is 0 Å². The summed E-state index contributed by atoms with van der Waals surface area (Å²) in [6.07, 6.45) is 0.751. The number of carbonyl (C=O) groups excluding carboxylic acids is 2. The Labute approximate surface area is 189 Å².